The summed E-state index contributed by atoms with van der Waals surface area (Å²) < 4.78 is 43.6. The van der Waals surface area contributed by atoms with Crippen LogP contribution in [0, 0.1) is 5.82 Å². The monoisotopic (exact) mass is 626 g/mol. The van der Waals surface area contributed by atoms with Crippen LogP contribution in [0.4, 0.5) is 4.39 Å². The highest BCUT2D eigenvalue weighted by Crippen LogP contribution is 2.46. The second kappa shape index (κ2) is 12.4. The second-order valence-electron chi connectivity index (χ2n) is 8.78. The molecule has 0 spiro atoms. The predicted molar refractivity (Wildman–Crippen MR) is 158 cm³/mol. The third kappa shape index (κ3) is 5.77. The number of nitrogens with zero attached hydrogens (tertiary/aromatic N) is 2. The normalized spacial score (nSPS) is 16.2. The van der Waals surface area contributed by atoms with E-state index in [1.54, 1.807) is 50.6 Å². The molecule has 6 rings (SSSR count). The SMILES string of the molecule is COc1ccc(C=O)s1.COc1ccc(CC2=C(c3ccc4nsnc4c3)C(=O)OC2(O)c2ccc(OC)c(F)c2)s1. The Morgan fingerprint density at radius 3 is 2.31 bits per heavy atom. The van der Waals surface area contributed by atoms with Crippen LogP contribution in [0.2, 0.25) is 0 Å². The molecule has 1 aliphatic heterocycles. The minimum atomic E-state index is -2.16. The molecule has 216 valence electrons. The van der Waals surface area contributed by atoms with E-state index >= 15 is 0 Å². The molecule has 3 aromatic heterocycles. The molecule has 1 aliphatic rings. The summed E-state index contributed by atoms with van der Waals surface area (Å²) in [7, 11) is 4.50. The van der Waals surface area contributed by atoms with Crippen molar-refractivity contribution in [1.29, 1.82) is 0 Å². The molecule has 0 aliphatic carbocycles. The molecule has 1 unspecified atom stereocenters. The zero-order valence-electron chi connectivity index (χ0n) is 22.5. The molecule has 0 radical (unpaired) electrons. The number of hydrogen-bond acceptors (Lipinski definition) is 12. The van der Waals surface area contributed by atoms with Crippen molar-refractivity contribution in [1.82, 2.24) is 8.75 Å². The number of aromatic nitrogens is 2. The van der Waals surface area contributed by atoms with Gasteiger partial charge in [-0.2, -0.15) is 8.75 Å². The minimum Gasteiger partial charge on any atom is -0.494 e. The molecule has 2 aromatic carbocycles. The Labute approximate surface area is 251 Å². The number of methoxy groups -OCH3 is 3. The van der Waals surface area contributed by atoms with Crippen LogP contribution in [0.3, 0.4) is 0 Å². The molecular formula is C29H23FN2O7S3. The zero-order chi connectivity index (χ0) is 29.9. The van der Waals surface area contributed by atoms with Gasteiger partial charge in [0.25, 0.3) is 5.79 Å². The summed E-state index contributed by atoms with van der Waals surface area (Å²) in [6, 6.07) is 16.3. The standard InChI is InChI=1S/C23H17FN2O5S2.C6H6O2S/c1-29-19-7-4-13(10-16(19)24)23(28)15(11-14-5-8-20(30-2)32-14)21(22(27)31-23)12-3-6-17-18(9-12)26-33-25-17;1-8-6-3-2-5(4-7)9-6/h3-10,28H,11H2,1-2H3;2-4H,1H3. The van der Waals surface area contributed by atoms with Gasteiger partial charge < -0.3 is 24.1 Å². The molecule has 0 fully saturated rings. The van der Waals surface area contributed by atoms with Crippen molar-refractivity contribution in [3.63, 3.8) is 0 Å². The van der Waals surface area contributed by atoms with E-state index < -0.39 is 17.6 Å². The molecule has 13 heteroatoms. The first-order chi connectivity index (χ1) is 20.3. The molecule has 0 saturated carbocycles. The lowest BCUT2D eigenvalue weighted by atomic mass is 9.89. The van der Waals surface area contributed by atoms with Crippen molar-refractivity contribution >= 4 is 63.3 Å². The molecule has 0 saturated heterocycles. The number of halogens is 1. The number of carbonyl (C=O) groups excluding carboxylic acids is 2. The third-order valence-electron chi connectivity index (χ3n) is 6.35. The summed E-state index contributed by atoms with van der Waals surface area (Å²) >= 11 is 3.79. The number of aldehydes is 1. The van der Waals surface area contributed by atoms with E-state index in [0.29, 0.717) is 32.1 Å². The Morgan fingerprint density at radius 1 is 0.929 bits per heavy atom. The van der Waals surface area contributed by atoms with E-state index in [0.717, 1.165) is 34.0 Å². The number of carbonyl (C=O) groups is 2. The highest BCUT2D eigenvalue weighted by molar-refractivity contribution is 7.15. The van der Waals surface area contributed by atoms with Crippen molar-refractivity contribution in [3.8, 4) is 15.9 Å². The number of fused-ring (bicyclic) bond motifs is 1. The zero-order valence-corrected chi connectivity index (χ0v) is 24.9. The van der Waals surface area contributed by atoms with Crippen molar-refractivity contribution in [2.75, 3.05) is 21.3 Å². The van der Waals surface area contributed by atoms with Crippen LogP contribution in [0.25, 0.3) is 16.6 Å². The first-order valence-corrected chi connectivity index (χ1v) is 14.6. The highest BCUT2D eigenvalue weighted by atomic mass is 32.1. The van der Waals surface area contributed by atoms with Gasteiger partial charge in [-0.1, -0.05) is 17.4 Å². The van der Waals surface area contributed by atoms with E-state index in [2.05, 4.69) is 8.75 Å². The van der Waals surface area contributed by atoms with Crippen LogP contribution in [-0.2, 0) is 21.7 Å². The van der Waals surface area contributed by atoms with Gasteiger partial charge in [0, 0.05) is 22.4 Å². The average Bonchev–Trinajstić information content (AvgIpc) is 3.80. The Kier molecular flexibility index (Phi) is 8.64. The molecule has 0 bridgehead atoms. The number of cyclic esters (lactones) is 1. The van der Waals surface area contributed by atoms with Gasteiger partial charge in [-0.15, -0.1) is 11.3 Å². The fourth-order valence-corrected chi connectivity index (χ4v) is 6.32. The Hall–Kier alpha value is -4.17. The van der Waals surface area contributed by atoms with Gasteiger partial charge in [0.1, 0.15) is 11.0 Å². The number of benzene rings is 2. The molecule has 9 nitrogen and oxygen atoms in total. The van der Waals surface area contributed by atoms with Crippen molar-refractivity contribution in [2.24, 2.45) is 0 Å². The van der Waals surface area contributed by atoms with Gasteiger partial charge in [0.2, 0.25) is 0 Å². The quantitative estimate of drug-likeness (QED) is 0.167. The summed E-state index contributed by atoms with van der Waals surface area (Å²) in [5.41, 5.74) is 2.44. The third-order valence-corrected chi connectivity index (χ3v) is 8.92. The van der Waals surface area contributed by atoms with Gasteiger partial charge in [0.15, 0.2) is 28.0 Å². The molecule has 1 N–H and O–H groups in total. The van der Waals surface area contributed by atoms with Crippen LogP contribution >= 0.6 is 34.4 Å². The van der Waals surface area contributed by atoms with Gasteiger partial charge in [0.05, 0.1) is 43.5 Å². The first-order valence-electron chi connectivity index (χ1n) is 12.3. The summed E-state index contributed by atoms with van der Waals surface area (Å²) in [5, 5.41) is 13.1. The van der Waals surface area contributed by atoms with Crippen molar-refractivity contribution in [2.45, 2.75) is 12.2 Å². The first kappa shape index (κ1) is 29.3. The summed E-state index contributed by atoms with van der Waals surface area (Å²) in [6.45, 7) is 0. The van der Waals surface area contributed by atoms with Crippen molar-refractivity contribution in [3.05, 3.63) is 92.9 Å². The number of ether oxygens (including phenoxy) is 4. The lowest BCUT2D eigenvalue weighted by molar-refractivity contribution is -0.185. The molecular weight excluding hydrogens is 604 g/mol. The number of rotatable bonds is 8. The van der Waals surface area contributed by atoms with Crippen LogP contribution in [0.15, 0.2) is 66.2 Å². The van der Waals surface area contributed by atoms with E-state index in [1.165, 1.54) is 41.9 Å². The fraction of sp³-hybridized carbons (Fsp3) is 0.172. The maximum atomic E-state index is 14.5. The topological polar surface area (TPSA) is 117 Å². The van der Waals surface area contributed by atoms with Gasteiger partial charge >= 0.3 is 5.97 Å². The van der Waals surface area contributed by atoms with Gasteiger partial charge in [-0.3, -0.25) is 4.79 Å². The fourth-order valence-electron chi connectivity index (χ4n) is 4.33. The van der Waals surface area contributed by atoms with Crippen LogP contribution in [-0.4, -0.2) is 47.4 Å². The second-order valence-corrected chi connectivity index (χ2v) is 11.5. The van der Waals surface area contributed by atoms with E-state index in [4.69, 9.17) is 18.9 Å². The highest BCUT2D eigenvalue weighted by Gasteiger charge is 2.48. The lowest BCUT2D eigenvalue weighted by Crippen LogP contribution is -2.29. The maximum Gasteiger partial charge on any atom is 0.342 e. The smallest absolute Gasteiger partial charge is 0.342 e. The van der Waals surface area contributed by atoms with E-state index in [1.807, 2.05) is 6.07 Å². The molecule has 1 atom stereocenters. The largest absolute Gasteiger partial charge is 0.494 e. The molecule has 0 amide bonds. The summed E-state index contributed by atoms with van der Waals surface area (Å²) in [6.07, 6.45) is 1.000. The van der Waals surface area contributed by atoms with E-state index in [9.17, 15) is 19.1 Å². The van der Waals surface area contributed by atoms with E-state index in [-0.39, 0.29) is 23.3 Å². The Bertz CT molecular complexity index is 1790. The van der Waals surface area contributed by atoms with Crippen LogP contribution < -0.4 is 14.2 Å². The Balaban J connectivity index is 0.000000336. The maximum absolute atomic E-state index is 14.5. The summed E-state index contributed by atoms with van der Waals surface area (Å²) in [4.78, 5) is 24.7. The number of hydrogen-bond donors (Lipinski definition) is 1. The van der Waals surface area contributed by atoms with Crippen LogP contribution in [0.5, 0.6) is 15.9 Å². The Morgan fingerprint density at radius 2 is 1.67 bits per heavy atom. The van der Waals surface area contributed by atoms with Gasteiger partial charge in [-0.25, -0.2) is 9.18 Å². The van der Waals surface area contributed by atoms with Crippen molar-refractivity contribution < 1.29 is 38.0 Å². The minimum absolute atomic E-state index is 0.0157. The number of esters is 1. The molecule has 42 heavy (non-hydrogen) atoms. The average molecular weight is 627 g/mol. The summed E-state index contributed by atoms with van der Waals surface area (Å²) in [5.74, 6) is -3.54. The molecule has 5 aromatic rings. The van der Waals surface area contributed by atoms with Gasteiger partial charge in [-0.05, 0) is 60.2 Å². The van der Waals surface area contributed by atoms with Crippen LogP contribution in [0.1, 0.15) is 25.7 Å². The number of thiophene rings is 2. The predicted octanol–water partition coefficient (Wildman–Crippen LogP) is 5.88. The molecule has 4 heterocycles. The lowest BCUT2D eigenvalue weighted by Gasteiger charge is -2.25. The number of aliphatic hydroxyl groups is 1.